The van der Waals surface area contributed by atoms with Crippen LogP contribution in [0.2, 0.25) is 0 Å². The van der Waals surface area contributed by atoms with Gasteiger partial charge in [0.15, 0.2) is 17.1 Å². The molecule has 0 atom stereocenters. The zero-order valence-corrected chi connectivity index (χ0v) is 37.8. The van der Waals surface area contributed by atoms with Crippen molar-refractivity contribution in [3.8, 4) is 33.9 Å². The number of para-hydroxylation sites is 2. The molecule has 15 rings (SSSR count). The maximum absolute atomic E-state index is 5.45. The normalized spacial score (nSPS) is 12.0. The van der Waals surface area contributed by atoms with Crippen molar-refractivity contribution in [1.82, 2.24) is 24.1 Å². The molecule has 5 nitrogen and oxygen atoms in total. The summed E-state index contributed by atoms with van der Waals surface area (Å²) in [5, 5.41) is 15.5. The van der Waals surface area contributed by atoms with Crippen LogP contribution in [0.15, 0.2) is 237 Å². The van der Waals surface area contributed by atoms with Crippen molar-refractivity contribution < 1.29 is 0 Å². The molecule has 11 aromatic carbocycles. The minimum Gasteiger partial charge on any atom is -0.309 e. The smallest absolute Gasteiger partial charge is 0.164 e. The lowest BCUT2D eigenvalue weighted by Gasteiger charge is -2.13. The summed E-state index contributed by atoms with van der Waals surface area (Å²) >= 11 is 0. The molecule has 0 radical (unpaired) electrons. The predicted molar refractivity (Wildman–Crippen MR) is 293 cm³/mol. The average Bonchev–Trinajstić information content (AvgIpc) is 3.94. The highest BCUT2D eigenvalue weighted by molar-refractivity contribution is 6.26. The first kappa shape index (κ1) is 38.6. The van der Waals surface area contributed by atoms with Gasteiger partial charge in [0.1, 0.15) is 0 Å². The first-order valence-corrected chi connectivity index (χ1v) is 23.8. The van der Waals surface area contributed by atoms with E-state index in [0.717, 1.165) is 92.6 Å². The molecule has 0 amide bonds. The van der Waals surface area contributed by atoms with Crippen LogP contribution in [0.5, 0.6) is 0 Å². The van der Waals surface area contributed by atoms with Crippen LogP contribution in [0, 0.1) is 0 Å². The minimum atomic E-state index is 0.634. The summed E-state index contributed by atoms with van der Waals surface area (Å²) < 4.78 is 4.92. The molecule has 4 bridgehead atoms. The van der Waals surface area contributed by atoms with Crippen LogP contribution in [0.4, 0.5) is 0 Å². The quantitative estimate of drug-likeness (QED) is 0.177. The average molecular weight is 890 g/mol. The van der Waals surface area contributed by atoms with Gasteiger partial charge in [-0.1, -0.05) is 158 Å². The second kappa shape index (κ2) is 15.0. The Hall–Kier alpha value is -9.45. The third-order valence-corrected chi connectivity index (χ3v) is 14.4. The number of hydrogen-bond donors (Lipinski definition) is 0. The highest BCUT2D eigenvalue weighted by atomic mass is 15.0. The summed E-state index contributed by atoms with van der Waals surface area (Å²) in [6.45, 7) is 0. The van der Waals surface area contributed by atoms with Gasteiger partial charge in [-0.15, -0.1) is 0 Å². The molecule has 70 heavy (non-hydrogen) atoms. The van der Waals surface area contributed by atoms with Crippen molar-refractivity contribution in [2.24, 2.45) is 0 Å². The Bertz CT molecular complexity index is 4690. The Morgan fingerprint density at radius 2 is 0.757 bits per heavy atom. The summed E-state index contributed by atoms with van der Waals surface area (Å²) in [6.07, 6.45) is 0. The fraction of sp³-hybridized carbons (Fsp3) is 0. The fourth-order valence-corrected chi connectivity index (χ4v) is 11.2. The molecule has 0 fully saturated rings. The van der Waals surface area contributed by atoms with E-state index in [1.165, 1.54) is 32.9 Å². The van der Waals surface area contributed by atoms with E-state index in [1.54, 1.807) is 0 Å². The SMILES string of the molecule is c1ccc(-c2ccc3c4ccccc4n(-c4ccc5c(c4)c4cc6cc(c7cc8ccccc8cc7c7nc(-c8ccccc8)nc(n7)c7cc8ccccc8cc67)c4n5-c4ccccc4)c3c2)cc1. The molecule has 0 aliphatic rings. The first-order chi connectivity index (χ1) is 34.7. The molecular weight excluding hydrogens is 851 g/mol. The Kier molecular flexibility index (Phi) is 8.29. The lowest BCUT2D eigenvalue weighted by molar-refractivity contribution is 1.17. The molecule has 15 aromatic rings. The summed E-state index contributed by atoms with van der Waals surface area (Å²) in [6, 6.07) is 85.8. The van der Waals surface area contributed by atoms with Gasteiger partial charge in [0.2, 0.25) is 0 Å². The van der Waals surface area contributed by atoms with E-state index < -0.39 is 0 Å². The number of aromatic nitrogens is 5. The molecule has 4 aromatic heterocycles. The Labute approximate surface area is 401 Å². The minimum absolute atomic E-state index is 0.634. The number of fused-ring (bicyclic) bond motifs is 19. The molecule has 5 heteroatoms. The second-order valence-corrected chi connectivity index (χ2v) is 18.4. The van der Waals surface area contributed by atoms with Gasteiger partial charge in [0, 0.05) is 54.6 Å². The van der Waals surface area contributed by atoms with Crippen LogP contribution in [-0.2, 0) is 0 Å². The van der Waals surface area contributed by atoms with Gasteiger partial charge >= 0.3 is 0 Å². The molecule has 0 spiro atoms. The zero-order valence-electron chi connectivity index (χ0n) is 37.8. The third-order valence-electron chi connectivity index (χ3n) is 14.4. The van der Waals surface area contributed by atoms with Crippen LogP contribution in [-0.4, -0.2) is 24.1 Å². The maximum atomic E-state index is 5.45. The molecule has 0 unspecified atom stereocenters. The van der Waals surface area contributed by atoms with Crippen LogP contribution in [0.3, 0.4) is 0 Å². The van der Waals surface area contributed by atoms with Gasteiger partial charge in [-0.25, -0.2) is 15.0 Å². The zero-order chi connectivity index (χ0) is 45.9. The van der Waals surface area contributed by atoms with Crippen LogP contribution < -0.4 is 0 Å². The highest BCUT2D eigenvalue weighted by Crippen LogP contribution is 2.43. The van der Waals surface area contributed by atoms with Gasteiger partial charge in [-0.05, 0) is 128 Å². The standard InChI is InChI=1S/C65H39N5/c1-4-16-40(17-5-1)46-28-30-51-50-26-14-15-27-59(50)69(61(51)38-46)49-29-31-60-54(39-49)56-37-47-36-55(62(56)70(60)48-24-8-3-9-25-48)53-33-43-21-11-13-23-45(43)35-58(53)65-67-63(41-18-6-2-7-19-41)66-64(68-65)57-34-44-22-12-10-20-42(44)32-52(47)57/h1-39H. The van der Waals surface area contributed by atoms with Crippen molar-refractivity contribution in [2.75, 3.05) is 0 Å². The van der Waals surface area contributed by atoms with Gasteiger partial charge < -0.3 is 9.13 Å². The van der Waals surface area contributed by atoms with Crippen molar-refractivity contribution in [3.05, 3.63) is 237 Å². The van der Waals surface area contributed by atoms with E-state index in [1.807, 2.05) is 18.2 Å². The molecular formula is C65H39N5. The highest BCUT2D eigenvalue weighted by Gasteiger charge is 2.21. The molecule has 0 saturated heterocycles. The van der Waals surface area contributed by atoms with Crippen LogP contribution >= 0.6 is 0 Å². The molecule has 4 heterocycles. The Morgan fingerprint density at radius 3 is 1.44 bits per heavy atom. The lowest BCUT2D eigenvalue weighted by atomic mass is 9.97. The summed E-state index contributed by atoms with van der Waals surface area (Å²) in [5.41, 5.74) is 11.4. The van der Waals surface area contributed by atoms with E-state index in [2.05, 4.69) is 228 Å². The van der Waals surface area contributed by atoms with Crippen molar-refractivity contribution in [1.29, 1.82) is 0 Å². The number of hydrogen-bond acceptors (Lipinski definition) is 3. The molecule has 324 valence electrons. The van der Waals surface area contributed by atoms with E-state index in [4.69, 9.17) is 15.0 Å². The monoisotopic (exact) mass is 889 g/mol. The summed E-state index contributed by atoms with van der Waals surface area (Å²) in [7, 11) is 0. The molecule has 0 N–H and O–H groups in total. The maximum Gasteiger partial charge on any atom is 0.164 e. The van der Waals surface area contributed by atoms with Crippen molar-refractivity contribution in [2.45, 2.75) is 0 Å². The van der Waals surface area contributed by atoms with E-state index in [0.29, 0.717) is 17.1 Å². The topological polar surface area (TPSA) is 48.5 Å². The summed E-state index contributed by atoms with van der Waals surface area (Å²) in [4.78, 5) is 16.1. The van der Waals surface area contributed by atoms with Gasteiger partial charge in [0.25, 0.3) is 0 Å². The van der Waals surface area contributed by atoms with Crippen molar-refractivity contribution >= 4 is 109 Å². The Balaban J connectivity index is 1.16. The number of nitrogens with zero attached hydrogens (tertiary/aromatic N) is 5. The molecule has 0 aliphatic carbocycles. The largest absolute Gasteiger partial charge is 0.309 e. The predicted octanol–water partition coefficient (Wildman–Crippen LogP) is 16.9. The van der Waals surface area contributed by atoms with E-state index in [-0.39, 0.29) is 0 Å². The van der Waals surface area contributed by atoms with E-state index in [9.17, 15) is 0 Å². The van der Waals surface area contributed by atoms with Gasteiger partial charge in [0.05, 0.1) is 22.1 Å². The van der Waals surface area contributed by atoms with Crippen LogP contribution in [0.25, 0.3) is 143 Å². The van der Waals surface area contributed by atoms with Crippen molar-refractivity contribution in [3.63, 3.8) is 0 Å². The van der Waals surface area contributed by atoms with Gasteiger partial charge in [-0.2, -0.15) is 0 Å². The molecule has 0 aliphatic heterocycles. The number of benzene rings is 11. The molecule has 0 saturated carbocycles. The Morgan fingerprint density at radius 1 is 0.243 bits per heavy atom. The fourth-order valence-electron chi connectivity index (χ4n) is 11.2. The summed E-state index contributed by atoms with van der Waals surface area (Å²) in [5.74, 6) is 0.639. The first-order valence-electron chi connectivity index (χ1n) is 23.8. The van der Waals surface area contributed by atoms with Crippen LogP contribution in [0.1, 0.15) is 0 Å². The second-order valence-electron chi connectivity index (χ2n) is 18.4. The van der Waals surface area contributed by atoms with Gasteiger partial charge in [-0.3, -0.25) is 0 Å². The lowest BCUT2D eigenvalue weighted by Crippen LogP contribution is -1.97. The third kappa shape index (κ3) is 5.88. The number of rotatable bonds is 4. The van der Waals surface area contributed by atoms with E-state index >= 15 is 0 Å².